The van der Waals surface area contributed by atoms with Crippen LogP contribution in [0.5, 0.6) is 0 Å². The molecule has 1 aromatic heterocycles. The predicted octanol–water partition coefficient (Wildman–Crippen LogP) is 3.05. The Morgan fingerprint density at radius 3 is 2.44 bits per heavy atom. The van der Waals surface area contributed by atoms with Crippen LogP contribution in [0.3, 0.4) is 0 Å². The van der Waals surface area contributed by atoms with E-state index in [9.17, 15) is 9.90 Å². The molecule has 5 nitrogen and oxygen atoms in total. The highest BCUT2D eigenvalue weighted by atomic mass is 16.3. The standard InChI is InChI=1S/C20H33N3O2/c1-4-10-20(25,11-5-2)15-22-19(24)17-8-12-23(13-9-17)18-7-6-16(3)14-21-18/h6-7,14,17,25H,4-5,8-13,15H2,1-3H3,(H,22,24). The summed E-state index contributed by atoms with van der Waals surface area (Å²) in [5.41, 5.74) is 0.399. The third kappa shape index (κ3) is 5.70. The molecule has 0 unspecified atom stereocenters. The number of carbonyl (C=O) groups excluding carboxylic acids is 1. The molecule has 0 aromatic carbocycles. The minimum atomic E-state index is -0.758. The Hall–Kier alpha value is -1.62. The molecule has 0 atom stereocenters. The van der Waals surface area contributed by atoms with E-state index in [1.165, 1.54) is 0 Å². The van der Waals surface area contributed by atoms with Crippen LogP contribution in [-0.2, 0) is 4.79 Å². The number of nitrogens with one attached hydrogen (secondary N) is 1. The van der Waals surface area contributed by atoms with E-state index in [1.807, 2.05) is 19.2 Å². The summed E-state index contributed by atoms with van der Waals surface area (Å²) < 4.78 is 0. The molecule has 0 saturated carbocycles. The molecule has 1 aliphatic rings. The number of aryl methyl sites for hydroxylation is 1. The van der Waals surface area contributed by atoms with Crippen molar-refractivity contribution in [3.05, 3.63) is 23.9 Å². The van der Waals surface area contributed by atoms with Gasteiger partial charge in [0.15, 0.2) is 0 Å². The minimum absolute atomic E-state index is 0.0363. The molecule has 0 aliphatic carbocycles. The van der Waals surface area contributed by atoms with Crippen LogP contribution in [0.4, 0.5) is 5.82 Å². The predicted molar refractivity (Wildman–Crippen MR) is 102 cm³/mol. The number of nitrogens with zero attached hydrogens (tertiary/aromatic N) is 2. The van der Waals surface area contributed by atoms with Gasteiger partial charge >= 0.3 is 0 Å². The van der Waals surface area contributed by atoms with Crippen molar-refractivity contribution in [2.75, 3.05) is 24.5 Å². The average Bonchev–Trinajstić information content (AvgIpc) is 2.61. The van der Waals surface area contributed by atoms with Crippen LogP contribution in [-0.4, -0.2) is 41.2 Å². The highest BCUT2D eigenvalue weighted by molar-refractivity contribution is 5.79. The van der Waals surface area contributed by atoms with E-state index >= 15 is 0 Å². The van der Waals surface area contributed by atoms with E-state index in [0.29, 0.717) is 6.54 Å². The maximum Gasteiger partial charge on any atom is 0.223 e. The van der Waals surface area contributed by atoms with Crippen molar-refractivity contribution in [2.24, 2.45) is 5.92 Å². The summed E-state index contributed by atoms with van der Waals surface area (Å²) in [5.74, 6) is 1.11. The van der Waals surface area contributed by atoms with Crippen LogP contribution in [0.15, 0.2) is 18.3 Å². The number of carbonyl (C=O) groups is 1. The van der Waals surface area contributed by atoms with Crippen LogP contribution >= 0.6 is 0 Å². The normalized spacial score (nSPS) is 16.1. The quantitative estimate of drug-likeness (QED) is 0.758. The fourth-order valence-corrected chi connectivity index (χ4v) is 3.65. The van der Waals surface area contributed by atoms with Gasteiger partial charge in [0, 0.05) is 31.7 Å². The molecule has 1 saturated heterocycles. The minimum Gasteiger partial charge on any atom is -0.388 e. The lowest BCUT2D eigenvalue weighted by Crippen LogP contribution is -2.47. The first-order valence-corrected chi connectivity index (χ1v) is 9.65. The zero-order valence-electron chi connectivity index (χ0n) is 15.9. The lowest BCUT2D eigenvalue weighted by atomic mass is 9.91. The van der Waals surface area contributed by atoms with Gasteiger partial charge in [-0.25, -0.2) is 4.98 Å². The maximum absolute atomic E-state index is 12.5. The van der Waals surface area contributed by atoms with Crippen molar-refractivity contribution < 1.29 is 9.90 Å². The Morgan fingerprint density at radius 2 is 1.92 bits per heavy atom. The largest absolute Gasteiger partial charge is 0.388 e. The van der Waals surface area contributed by atoms with Crippen LogP contribution in [0.2, 0.25) is 0 Å². The molecule has 1 fully saturated rings. The summed E-state index contributed by atoms with van der Waals surface area (Å²) in [6.45, 7) is 8.23. The van der Waals surface area contributed by atoms with Crippen molar-refractivity contribution in [3.63, 3.8) is 0 Å². The first-order valence-electron chi connectivity index (χ1n) is 9.65. The molecular formula is C20H33N3O2. The number of aliphatic hydroxyl groups is 1. The molecule has 1 amide bonds. The second-order valence-corrected chi connectivity index (χ2v) is 7.40. The molecule has 1 aliphatic heterocycles. The van der Waals surface area contributed by atoms with Crippen molar-refractivity contribution >= 4 is 11.7 Å². The number of aromatic nitrogens is 1. The number of hydrogen-bond donors (Lipinski definition) is 2. The first-order chi connectivity index (χ1) is 12.0. The summed E-state index contributed by atoms with van der Waals surface area (Å²) in [7, 11) is 0. The van der Waals surface area contributed by atoms with Crippen molar-refractivity contribution in [1.82, 2.24) is 10.3 Å². The number of pyridine rings is 1. The zero-order chi connectivity index (χ0) is 18.3. The number of piperidine rings is 1. The molecule has 140 valence electrons. The molecule has 1 aromatic rings. The van der Waals surface area contributed by atoms with Crippen molar-refractivity contribution in [2.45, 2.75) is 64.9 Å². The highest BCUT2D eigenvalue weighted by Gasteiger charge is 2.29. The zero-order valence-corrected chi connectivity index (χ0v) is 15.9. The van der Waals surface area contributed by atoms with Crippen LogP contribution in [0.1, 0.15) is 57.9 Å². The van der Waals surface area contributed by atoms with Gasteiger partial charge in [0.25, 0.3) is 0 Å². The van der Waals surface area contributed by atoms with Gasteiger partial charge in [-0.1, -0.05) is 32.8 Å². The van der Waals surface area contributed by atoms with E-state index < -0.39 is 5.60 Å². The van der Waals surface area contributed by atoms with Crippen LogP contribution in [0.25, 0.3) is 0 Å². The number of amides is 1. The average molecular weight is 348 g/mol. The molecule has 0 radical (unpaired) electrons. The van der Waals surface area contributed by atoms with E-state index in [1.54, 1.807) is 0 Å². The summed E-state index contributed by atoms with van der Waals surface area (Å²) in [4.78, 5) is 19.2. The monoisotopic (exact) mass is 347 g/mol. The maximum atomic E-state index is 12.5. The van der Waals surface area contributed by atoms with E-state index in [4.69, 9.17) is 0 Å². The highest BCUT2D eigenvalue weighted by Crippen LogP contribution is 2.23. The Labute approximate surface area is 151 Å². The second-order valence-electron chi connectivity index (χ2n) is 7.40. The molecule has 2 N–H and O–H groups in total. The Bertz CT molecular complexity index is 530. The molecule has 25 heavy (non-hydrogen) atoms. The molecular weight excluding hydrogens is 314 g/mol. The van der Waals surface area contributed by atoms with Gasteiger partial charge in [-0.05, 0) is 44.2 Å². The molecule has 2 heterocycles. The fourth-order valence-electron chi connectivity index (χ4n) is 3.65. The van der Waals surface area contributed by atoms with E-state index in [2.05, 4.69) is 35.1 Å². The topological polar surface area (TPSA) is 65.5 Å². The lowest BCUT2D eigenvalue weighted by Gasteiger charge is -2.33. The van der Waals surface area contributed by atoms with Crippen LogP contribution in [0, 0.1) is 12.8 Å². The van der Waals surface area contributed by atoms with Crippen molar-refractivity contribution in [3.8, 4) is 0 Å². The molecule has 5 heteroatoms. The smallest absolute Gasteiger partial charge is 0.223 e. The number of hydrogen-bond acceptors (Lipinski definition) is 4. The third-order valence-electron chi connectivity index (χ3n) is 5.11. The Morgan fingerprint density at radius 1 is 1.28 bits per heavy atom. The first kappa shape index (κ1) is 19.7. The van der Waals surface area contributed by atoms with Gasteiger partial charge in [0.05, 0.1) is 5.60 Å². The second kappa shape index (κ2) is 9.18. The van der Waals surface area contributed by atoms with Gasteiger partial charge in [-0.2, -0.15) is 0 Å². The van der Waals surface area contributed by atoms with Gasteiger partial charge in [-0.3, -0.25) is 4.79 Å². The van der Waals surface area contributed by atoms with Crippen LogP contribution < -0.4 is 10.2 Å². The van der Waals surface area contributed by atoms with Gasteiger partial charge in [0.2, 0.25) is 5.91 Å². The van der Waals surface area contributed by atoms with Crippen molar-refractivity contribution in [1.29, 1.82) is 0 Å². The Balaban J connectivity index is 1.81. The van der Waals surface area contributed by atoms with E-state index in [-0.39, 0.29) is 11.8 Å². The summed E-state index contributed by atoms with van der Waals surface area (Å²) in [6.07, 6.45) is 6.87. The number of rotatable bonds is 8. The molecule has 0 bridgehead atoms. The van der Waals surface area contributed by atoms with Gasteiger partial charge in [-0.15, -0.1) is 0 Å². The number of anilines is 1. The van der Waals surface area contributed by atoms with Gasteiger partial charge in [0.1, 0.15) is 5.82 Å². The molecule has 0 spiro atoms. The third-order valence-corrected chi connectivity index (χ3v) is 5.11. The lowest BCUT2D eigenvalue weighted by molar-refractivity contribution is -0.127. The van der Waals surface area contributed by atoms with Gasteiger partial charge < -0.3 is 15.3 Å². The van der Waals surface area contributed by atoms with E-state index in [0.717, 1.165) is 63.0 Å². The SMILES string of the molecule is CCCC(O)(CCC)CNC(=O)C1CCN(c2ccc(C)cn2)CC1. The Kier molecular flexibility index (Phi) is 7.24. The molecule has 2 rings (SSSR count). The summed E-state index contributed by atoms with van der Waals surface area (Å²) >= 11 is 0. The fraction of sp³-hybridized carbons (Fsp3) is 0.700. The summed E-state index contributed by atoms with van der Waals surface area (Å²) in [5, 5.41) is 13.6. The summed E-state index contributed by atoms with van der Waals surface area (Å²) in [6, 6.07) is 4.12.